The number of alkyl halides is 3. The van der Waals surface area contributed by atoms with E-state index in [4.69, 9.17) is 9.47 Å². The van der Waals surface area contributed by atoms with Gasteiger partial charge in [0.2, 0.25) is 5.65 Å². The molecule has 0 amide bonds. The number of fused-ring (bicyclic) bond motifs is 1. The quantitative estimate of drug-likeness (QED) is 0.755. The molecule has 0 spiro atoms. The van der Waals surface area contributed by atoms with Gasteiger partial charge < -0.3 is 9.47 Å². The summed E-state index contributed by atoms with van der Waals surface area (Å²) < 4.78 is 49.1. The molecule has 0 atom stereocenters. The Morgan fingerprint density at radius 1 is 1.25 bits per heavy atom. The van der Waals surface area contributed by atoms with Crippen LogP contribution in [0.15, 0.2) is 17.0 Å². The second kappa shape index (κ2) is 8.15. The molecule has 5 nitrogen and oxygen atoms in total. The van der Waals surface area contributed by atoms with Gasteiger partial charge in [-0.3, -0.25) is 4.40 Å². The van der Waals surface area contributed by atoms with Crippen LogP contribution in [-0.2, 0) is 4.74 Å². The van der Waals surface area contributed by atoms with Gasteiger partial charge in [0.1, 0.15) is 4.60 Å². The van der Waals surface area contributed by atoms with Crippen molar-refractivity contribution in [2.24, 2.45) is 0 Å². The largest absolute Gasteiger partial charge is 0.465 e. The first kappa shape index (κ1) is 19.0. The molecule has 1 aliphatic rings. The Labute approximate surface area is 146 Å². The van der Waals surface area contributed by atoms with Crippen molar-refractivity contribution in [2.45, 2.75) is 38.8 Å². The summed E-state index contributed by atoms with van der Waals surface area (Å²) >= 11 is 3.17. The molecule has 9 heteroatoms. The number of ether oxygens (including phenoxy) is 2. The van der Waals surface area contributed by atoms with Crippen LogP contribution >= 0.6 is 15.9 Å². The Kier molecular flexibility index (Phi) is 6.45. The molecule has 0 aliphatic carbocycles. The van der Waals surface area contributed by atoms with Gasteiger partial charge in [0.15, 0.2) is 6.61 Å². The molecule has 134 valence electrons. The average molecular weight is 410 g/mol. The van der Waals surface area contributed by atoms with Gasteiger partial charge in [-0.2, -0.15) is 13.2 Å². The topological polar surface area (TPSA) is 48.7 Å². The second-order valence-electron chi connectivity index (χ2n) is 5.06. The van der Waals surface area contributed by atoms with Gasteiger partial charge in [-0.25, -0.2) is 9.97 Å². The summed E-state index contributed by atoms with van der Waals surface area (Å²) in [7, 11) is 0. The van der Waals surface area contributed by atoms with Crippen LogP contribution in [0.4, 0.5) is 13.2 Å². The fraction of sp³-hybridized carbons (Fsp3) is 0.600. The van der Waals surface area contributed by atoms with Crippen molar-refractivity contribution in [3.05, 3.63) is 22.7 Å². The third-order valence-corrected chi connectivity index (χ3v) is 3.79. The smallest absolute Gasteiger partial charge is 0.422 e. The molecule has 2 aromatic rings. The van der Waals surface area contributed by atoms with Crippen molar-refractivity contribution in [2.75, 3.05) is 19.8 Å². The van der Waals surface area contributed by atoms with E-state index in [1.54, 1.807) is 16.8 Å². The van der Waals surface area contributed by atoms with Crippen molar-refractivity contribution in [3.63, 3.8) is 0 Å². The summed E-state index contributed by atoms with van der Waals surface area (Å²) in [6.45, 7) is 3.93. The highest BCUT2D eigenvalue weighted by Gasteiger charge is 2.29. The average Bonchev–Trinajstić information content (AvgIpc) is 2.98. The molecule has 0 radical (unpaired) electrons. The number of halogens is 4. The molecule has 1 aliphatic heterocycles. The van der Waals surface area contributed by atoms with Crippen molar-refractivity contribution < 1.29 is 22.6 Å². The van der Waals surface area contributed by atoms with Crippen LogP contribution in [0, 0.1) is 0 Å². The lowest BCUT2D eigenvalue weighted by atomic mass is 9.97. The molecule has 1 saturated heterocycles. The molecular formula is C15H19BrF3N3O2. The van der Waals surface area contributed by atoms with Crippen LogP contribution < -0.4 is 4.74 Å². The fourth-order valence-electron chi connectivity index (χ4n) is 2.40. The zero-order valence-electron chi connectivity index (χ0n) is 13.4. The summed E-state index contributed by atoms with van der Waals surface area (Å²) in [4.78, 5) is 8.36. The van der Waals surface area contributed by atoms with E-state index in [2.05, 4.69) is 25.9 Å². The highest BCUT2D eigenvalue weighted by molar-refractivity contribution is 9.10. The molecule has 3 heterocycles. The first-order valence-corrected chi connectivity index (χ1v) is 8.54. The lowest BCUT2D eigenvalue weighted by molar-refractivity contribution is -0.153. The van der Waals surface area contributed by atoms with Gasteiger partial charge >= 0.3 is 6.18 Å². The third-order valence-electron chi connectivity index (χ3n) is 3.41. The standard InChI is InChI=1S/C13H13BrF3N3O2.C2H6/c14-10-6-20-5-9(8-1-3-21-4-2-8)18-11(20)12(19-10)22-7-13(15,16)17;1-2/h5-6,8H,1-4,7H2;1-2H3. The number of rotatable bonds is 3. The summed E-state index contributed by atoms with van der Waals surface area (Å²) in [5, 5.41) is 0. The number of aromatic nitrogens is 3. The van der Waals surface area contributed by atoms with Crippen LogP contribution in [0.2, 0.25) is 0 Å². The van der Waals surface area contributed by atoms with Crippen LogP contribution in [0.3, 0.4) is 0 Å². The van der Waals surface area contributed by atoms with E-state index in [1.165, 1.54) is 0 Å². The van der Waals surface area contributed by atoms with Crippen molar-refractivity contribution in [1.82, 2.24) is 14.4 Å². The SMILES string of the molecule is CC.FC(F)(F)COc1nc(Br)cn2cc(C3CCOCC3)nc12. The zero-order chi connectivity index (χ0) is 17.7. The normalized spacial score (nSPS) is 15.9. The van der Waals surface area contributed by atoms with Gasteiger partial charge in [0.25, 0.3) is 5.88 Å². The predicted molar refractivity (Wildman–Crippen MR) is 86.4 cm³/mol. The lowest BCUT2D eigenvalue weighted by Crippen LogP contribution is -2.20. The Morgan fingerprint density at radius 2 is 1.92 bits per heavy atom. The molecule has 1 fully saturated rings. The molecule has 0 N–H and O–H groups in total. The molecule has 2 aromatic heterocycles. The molecule has 0 aromatic carbocycles. The van der Waals surface area contributed by atoms with Crippen molar-refractivity contribution >= 4 is 21.6 Å². The highest BCUT2D eigenvalue weighted by Crippen LogP contribution is 2.29. The number of hydrogen-bond donors (Lipinski definition) is 0. The molecule has 0 bridgehead atoms. The van der Waals surface area contributed by atoms with E-state index in [0.29, 0.717) is 17.8 Å². The minimum Gasteiger partial charge on any atom is -0.465 e. The predicted octanol–water partition coefficient (Wildman–Crippen LogP) is 4.35. The molecule has 0 saturated carbocycles. The molecule has 24 heavy (non-hydrogen) atoms. The van der Waals surface area contributed by atoms with E-state index in [1.807, 2.05) is 13.8 Å². The first-order valence-electron chi connectivity index (χ1n) is 7.75. The van der Waals surface area contributed by atoms with Crippen LogP contribution in [0.25, 0.3) is 5.65 Å². The Balaban J connectivity index is 0.00000100. The summed E-state index contributed by atoms with van der Waals surface area (Å²) in [6.07, 6.45) is 0.718. The van der Waals surface area contributed by atoms with Gasteiger partial charge in [-0.15, -0.1) is 0 Å². The minimum absolute atomic E-state index is 0.134. The van der Waals surface area contributed by atoms with E-state index < -0.39 is 12.8 Å². The summed E-state index contributed by atoms with van der Waals surface area (Å²) in [5.74, 6) is 0.105. The van der Waals surface area contributed by atoms with Crippen molar-refractivity contribution in [1.29, 1.82) is 0 Å². The minimum atomic E-state index is -4.42. The number of nitrogens with zero attached hydrogens (tertiary/aromatic N) is 3. The van der Waals surface area contributed by atoms with Gasteiger partial charge in [-0.05, 0) is 28.8 Å². The van der Waals surface area contributed by atoms with Crippen molar-refractivity contribution in [3.8, 4) is 5.88 Å². The van der Waals surface area contributed by atoms with Gasteiger partial charge in [0, 0.05) is 31.5 Å². The van der Waals surface area contributed by atoms with Gasteiger partial charge in [0.05, 0.1) is 5.69 Å². The maximum absolute atomic E-state index is 12.3. The second-order valence-corrected chi connectivity index (χ2v) is 5.87. The molecular weight excluding hydrogens is 391 g/mol. The Morgan fingerprint density at radius 3 is 2.54 bits per heavy atom. The zero-order valence-corrected chi connectivity index (χ0v) is 15.0. The summed E-state index contributed by atoms with van der Waals surface area (Å²) in [6, 6.07) is 0. The number of imidazole rings is 1. The maximum Gasteiger partial charge on any atom is 0.422 e. The van der Waals surface area contributed by atoms with Gasteiger partial charge in [-0.1, -0.05) is 13.8 Å². The lowest BCUT2D eigenvalue weighted by Gasteiger charge is -2.19. The third kappa shape index (κ3) is 4.83. The summed E-state index contributed by atoms with van der Waals surface area (Å²) in [5.41, 5.74) is 1.11. The van der Waals surface area contributed by atoms with E-state index in [-0.39, 0.29) is 17.4 Å². The Bertz CT molecular complexity index is 670. The van der Waals surface area contributed by atoms with E-state index >= 15 is 0 Å². The highest BCUT2D eigenvalue weighted by atomic mass is 79.9. The van der Waals surface area contributed by atoms with Crippen LogP contribution in [0.1, 0.15) is 38.3 Å². The fourth-order valence-corrected chi connectivity index (χ4v) is 2.78. The van der Waals surface area contributed by atoms with E-state index in [0.717, 1.165) is 18.5 Å². The molecule has 3 rings (SSSR count). The van der Waals surface area contributed by atoms with E-state index in [9.17, 15) is 13.2 Å². The maximum atomic E-state index is 12.3. The Hall–Kier alpha value is -1.35. The van der Waals surface area contributed by atoms with Crippen LogP contribution in [-0.4, -0.2) is 40.4 Å². The molecule has 0 unspecified atom stereocenters. The first-order chi connectivity index (χ1) is 11.4. The number of hydrogen-bond acceptors (Lipinski definition) is 4. The van der Waals surface area contributed by atoms with Crippen LogP contribution in [0.5, 0.6) is 5.88 Å². The monoisotopic (exact) mass is 409 g/mol.